The van der Waals surface area contributed by atoms with E-state index in [1.807, 2.05) is 11.6 Å². The SMILES string of the molecule is CCNCCCS(=O)(=O)NC(=O)c1cccnc1. The fourth-order valence-corrected chi connectivity index (χ4v) is 2.34. The number of carbonyl (C=O) groups excluding carboxylic acids is 1. The highest BCUT2D eigenvalue weighted by Gasteiger charge is 2.15. The quantitative estimate of drug-likeness (QED) is 0.689. The van der Waals surface area contributed by atoms with Crippen molar-refractivity contribution >= 4 is 15.9 Å². The lowest BCUT2D eigenvalue weighted by atomic mass is 10.3. The first kappa shape index (κ1) is 14.6. The van der Waals surface area contributed by atoms with Gasteiger partial charge in [-0.3, -0.25) is 9.78 Å². The summed E-state index contributed by atoms with van der Waals surface area (Å²) in [6.45, 7) is 3.35. The minimum absolute atomic E-state index is 0.0774. The first-order chi connectivity index (χ1) is 8.55. The molecule has 2 N–H and O–H groups in total. The monoisotopic (exact) mass is 271 g/mol. The average Bonchev–Trinajstić information content (AvgIpc) is 2.35. The molecule has 100 valence electrons. The van der Waals surface area contributed by atoms with Crippen LogP contribution >= 0.6 is 0 Å². The maximum absolute atomic E-state index is 11.6. The Hall–Kier alpha value is -1.47. The highest BCUT2D eigenvalue weighted by atomic mass is 32.2. The summed E-state index contributed by atoms with van der Waals surface area (Å²) in [5.74, 6) is -0.724. The first-order valence-electron chi connectivity index (χ1n) is 5.70. The van der Waals surface area contributed by atoms with Gasteiger partial charge in [0.2, 0.25) is 10.0 Å². The summed E-state index contributed by atoms with van der Waals surface area (Å²) in [6, 6.07) is 3.09. The number of pyridine rings is 1. The van der Waals surface area contributed by atoms with Crippen LogP contribution in [0.1, 0.15) is 23.7 Å². The second-order valence-electron chi connectivity index (χ2n) is 3.70. The zero-order valence-corrected chi connectivity index (χ0v) is 11.0. The number of nitrogens with zero attached hydrogens (tertiary/aromatic N) is 1. The smallest absolute Gasteiger partial charge is 0.266 e. The van der Waals surface area contributed by atoms with Crippen LogP contribution in [-0.4, -0.2) is 38.2 Å². The number of rotatable bonds is 7. The molecular formula is C11H17N3O3S. The summed E-state index contributed by atoms with van der Waals surface area (Å²) in [5.41, 5.74) is 0.229. The molecule has 0 aliphatic heterocycles. The summed E-state index contributed by atoms with van der Waals surface area (Å²) in [4.78, 5) is 15.4. The zero-order chi connectivity index (χ0) is 13.4. The van der Waals surface area contributed by atoms with Gasteiger partial charge < -0.3 is 5.32 Å². The summed E-state index contributed by atoms with van der Waals surface area (Å²) in [7, 11) is -3.58. The molecule has 6 nitrogen and oxygen atoms in total. The van der Waals surface area contributed by atoms with Gasteiger partial charge in [-0.15, -0.1) is 0 Å². The Morgan fingerprint density at radius 1 is 1.44 bits per heavy atom. The van der Waals surface area contributed by atoms with E-state index in [0.29, 0.717) is 13.0 Å². The summed E-state index contributed by atoms with van der Waals surface area (Å²) in [5, 5.41) is 3.02. The molecule has 0 fully saturated rings. The van der Waals surface area contributed by atoms with E-state index in [4.69, 9.17) is 0 Å². The molecule has 0 saturated heterocycles. The highest BCUT2D eigenvalue weighted by molar-refractivity contribution is 7.90. The minimum Gasteiger partial charge on any atom is -0.317 e. The van der Waals surface area contributed by atoms with Gasteiger partial charge in [-0.2, -0.15) is 0 Å². The van der Waals surface area contributed by atoms with Crippen molar-refractivity contribution in [2.24, 2.45) is 0 Å². The molecule has 1 aromatic heterocycles. The topological polar surface area (TPSA) is 88.2 Å². The number of amides is 1. The maximum Gasteiger partial charge on any atom is 0.266 e. The Labute approximate surface area is 107 Å². The predicted octanol–water partition coefficient (Wildman–Crippen LogP) is 0.141. The van der Waals surface area contributed by atoms with Crippen molar-refractivity contribution in [3.63, 3.8) is 0 Å². The maximum atomic E-state index is 11.6. The van der Waals surface area contributed by atoms with Crippen LogP contribution in [0.4, 0.5) is 0 Å². The van der Waals surface area contributed by atoms with Gasteiger partial charge in [-0.25, -0.2) is 13.1 Å². The molecule has 0 atom stereocenters. The third kappa shape index (κ3) is 5.24. The van der Waals surface area contributed by atoms with Gasteiger partial charge in [-0.05, 0) is 31.6 Å². The molecule has 1 aromatic rings. The zero-order valence-electron chi connectivity index (χ0n) is 10.2. The van der Waals surface area contributed by atoms with Crippen molar-refractivity contribution in [1.82, 2.24) is 15.0 Å². The van der Waals surface area contributed by atoms with E-state index in [1.54, 1.807) is 6.07 Å². The van der Waals surface area contributed by atoms with Gasteiger partial charge in [0, 0.05) is 12.4 Å². The fraction of sp³-hybridized carbons (Fsp3) is 0.455. The Bertz CT molecular complexity index is 474. The van der Waals surface area contributed by atoms with Crippen LogP contribution in [0.5, 0.6) is 0 Å². The van der Waals surface area contributed by atoms with E-state index in [1.165, 1.54) is 18.5 Å². The van der Waals surface area contributed by atoms with Crippen molar-refractivity contribution in [3.05, 3.63) is 30.1 Å². The lowest BCUT2D eigenvalue weighted by Gasteiger charge is -2.06. The van der Waals surface area contributed by atoms with Gasteiger partial charge in [-0.1, -0.05) is 6.92 Å². The Balaban J connectivity index is 2.48. The minimum atomic E-state index is -3.58. The Morgan fingerprint density at radius 3 is 2.83 bits per heavy atom. The number of hydrogen-bond acceptors (Lipinski definition) is 5. The molecule has 1 heterocycles. The molecule has 0 aliphatic rings. The van der Waals surface area contributed by atoms with E-state index in [9.17, 15) is 13.2 Å². The second-order valence-corrected chi connectivity index (χ2v) is 5.54. The third-order valence-corrected chi connectivity index (χ3v) is 3.51. The van der Waals surface area contributed by atoms with Crippen molar-refractivity contribution < 1.29 is 13.2 Å². The van der Waals surface area contributed by atoms with Crippen LogP contribution in [0.2, 0.25) is 0 Å². The Morgan fingerprint density at radius 2 is 2.22 bits per heavy atom. The van der Waals surface area contributed by atoms with Crippen LogP contribution in [0.3, 0.4) is 0 Å². The van der Waals surface area contributed by atoms with Crippen LogP contribution in [0.15, 0.2) is 24.5 Å². The molecule has 7 heteroatoms. The molecule has 0 saturated carbocycles. The van der Waals surface area contributed by atoms with Crippen LogP contribution in [0.25, 0.3) is 0 Å². The molecule has 0 radical (unpaired) electrons. The third-order valence-electron chi connectivity index (χ3n) is 2.19. The summed E-state index contributed by atoms with van der Waals surface area (Å²) < 4.78 is 25.2. The Kier molecular flexibility index (Phi) is 5.73. The van der Waals surface area contributed by atoms with Gasteiger partial charge in [0.15, 0.2) is 0 Å². The fourth-order valence-electron chi connectivity index (χ4n) is 1.31. The lowest BCUT2D eigenvalue weighted by Crippen LogP contribution is -2.33. The number of sulfonamides is 1. The van der Waals surface area contributed by atoms with Gasteiger partial charge >= 0.3 is 0 Å². The van der Waals surface area contributed by atoms with Crippen LogP contribution in [0, 0.1) is 0 Å². The van der Waals surface area contributed by atoms with Crippen LogP contribution < -0.4 is 10.0 Å². The standard InChI is InChI=1S/C11H17N3O3S/c1-2-12-7-4-8-18(16,17)14-11(15)10-5-3-6-13-9-10/h3,5-6,9,12H,2,4,7-8H2,1H3,(H,14,15). The number of nitrogens with one attached hydrogen (secondary N) is 2. The summed E-state index contributed by atoms with van der Waals surface area (Å²) in [6.07, 6.45) is 3.30. The van der Waals surface area contributed by atoms with E-state index < -0.39 is 15.9 Å². The van der Waals surface area contributed by atoms with Gasteiger partial charge in [0.1, 0.15) is 0 Å². The molecule has 0 spiro atoms. The van der Waals surface area contributed by atoms with Crippen molar-refractivity contribution in [1.29, 1.82) is 0 Å². The van der Waals surface area contributed by atoms with Gasteiger partial charge in [0.25, 0.3) is 5.91 Å². The largest absolute Gasteiger partial charge is 0.317 e. The van der Waals surface area contributed by atoms with E-state index >= 15 is 0 Å². The normalized spacial score (nSPS) is 11.2. The first-order valence-corrected chi connectivity index (χ1v) is 7.36. The molecule has 18 heavy (non-hydrogen) atoms. The molecule has 1 rings (SSSR count). The highest BCUT2D eigenvalue weighted by Crippen LogP contribution is 1.97. The van der Waals surface area contributed by atoms with Crippen molar-refractivity contribution in [3.8, 4) is 0 Å². The summed E-state index contributed by atoms with van der Waals surface area (Å²) >= 11 is 0. The van der Waals surface area contributed by atoms with E-state index in [0.717, 1.165) is 6.54 Å². The van der Waals surface area contributed by atoms with Gasteiger partial charge in [0.05, 0.1) is 11.3 Å². The molecule has 1 amide bonds. The number of aromatic nitrogens is 1. The predicted molar refractivity (Wildman–Crippen MR) is 68.7 cm³/mol. The molecule has 0 bridgehead atoms. The van der Waals surface area contributed by atoms with Crippen molar-refractivity contribution in [2.75, 3.05) is 18.8 Å². The molecular weight excluding hydrogens is 254 g/mol. The number of hydrogen-bond donors (Lipinski definition) is 2. The van der Waals surface area contributed by atoms with E-state index in [2.05, 4.69) is 10.3 Å². The average molecular weight is 271 g/mol. The lowest BCUT2D eigenvalue weighted by molar-refractivity contribution is 0.0981. The molecule has 0 aromatic carbocycles. The number of carbonyl (C=O) groups is 1. The molecule has 0 aliphatic carbocycles. The van der Waals surface area contributed by atoms with Crippen molar-refractivity contribution in [2.45, 2.75) is 13.3 Å². The van der Waals surface area contributed by atoms with E-state index in [-0.39, 0.29) is 11.3 Å². The second kappa shape index (κ2) is 7.07. The van der Waals surface area contributed by atoms with Crippen LogP contribution in [-0.2, 0) is 10.0 Å². The molecule has 0 unspecified atom stereocenters.